The first-order valence-corrected chi connectivity index (χ1v) is 9.42. The average molecular weight is 343 g/mol. The van der Waals surface area contributed by atoms with Gasteiger partial charge in [-0.15, -0.1) is 11.3 Å². The Morgan fingerprint density at radius 2 is 2.08 bits per heavy atom. The number of aryl methyl sites for hydroxylation is 1. The summed E-state index contributed by atoms with van der Waals surface area (Å²) < 4.78 is 0. The zero-order chi connectivity index (χ0) is 17.1. The lowest BCUT2D eigenvalue weighted by molar-refractivity contribution is 0.102. The van der Waals surface area contributed by atoms with Crippen LogP contribution in [-0.4, -0.2) is 28.9 Å². The van der Waals surface area contributed by atoms with E-state index in [-0.39, 0.29) is 5.91 Å². The highest BCUT2D eigenvalue weighted by Gasteiger charge is 2.22. The number of hydrogen-bond donors (Lipinski definition) is 1. The van der Waals surface area contributed by atoms with E-state index in [1.807, 2.05) is 31.2 Å². The third kappa shape index (κ3) is 4.42. The van der Waals surface area contributed by atoms with Gasteiger partial charge in [0.15, 0.2) is 5.13 Å². The van der Waals surface area contributed by atoms with Crippen LogP contribution in [0.4, 0.5) is 5.13 Å². The van der Waals surface area contributed by atoms with Gasteiger partial charge >= 0.3 is 0 Å². The predicted octanol–water partition coefficient (Wildman–Crippen LogP) is 4.18. The number of thiazole rings is 1. The van der Waals surface area contributed by atoms with E-state index in [1.165, 1.54) is 17.8 Å². The highest BCUT2D eigenvalue weighted by atomic mass is 32.1. The lowest BCUT2D eigenvalue weighted by Crippen LogP contribution is -2.38. The standard InChI is InChI=1S/C19H25N3OS/c1-13-5-4-6-16(8-13)18(23)21-19-20-17(12-24-19)11-22-9-14(2)7-15(3)10-22/h4-6,8,12,14-15H,7,9-11H2,1-3H3,(H,20,21,23)/t14-,15+. The molecule has 0 bridgehead atoms. The molecular weight excluding hydrogens is 318 g/mol. The fourth-order valence-corrected chi connectivity index (χ4v) is 4.24. The van der Waals surface area contributed by atoms with Crippen LogP contribution < -0.4 is 5.32 Å². The first-order chi connectivity index (χ1) is 11.5. The van der Waals surface area contributed by atoms with Crippen molar-refractivity contribution in [2.24, 2.45) is 11.8 Å². The molecule has 2 heterocycles. The van der Waals surface area contributed by atoms with Crippen LogP contribution in [0.25, 0.3) is 0 Å². The lowest BCUT2D eigenvalue weighted by atomic mass is 9.92. The molecule has 0 aliphatic carbocycles. The Balaban J connectivity index is 1.60. The van der Waals surface area contributed by atoms with E-state index in [4.69, 9.17) is 0 Å². The first-order valence-electron chi connectivity index (χ1n) is 8.54. The summed E-state index contributed by atoms with van der Waals surface area (Å²) in [7, 11) is 0. The largest absolute Gasteiger partial charge is 0.298 e. The van der Waals surface area contributed by atoms with Gasteiger partial charge < -0.3 is 0 Å². The van der Waals surface area contributed by atoms with Crippen molar-refractivity contribution in [1.82, 2.24) is 9.88 Å². The molecule has 0 saturated carbocycles. The first kappa shape index (κ1) is 17.1. The fraction of sp³-hybridized carbons (Fsp3) is 0.474. The van der Waals surface area contributed by atoms with Crippen LogP contribution in [0.1, 0.15) is 41.9 Å². The Bertz CT molecular complexity index is 702. The smallest absolute Gasteiger partial charge is 0.257 e. The van der Waals surface area contributed by atoms with Gasteiger partial charge in [0.05, 0.1) is 5.69 Å². The summed E-state index contributed by atoms with van der Waals surface area (Å²) in [6, 6.07) is 7.60. The van der Waals surface area contributed by atoms with Crippen molar-refractivity contribution in [3.8, 4) is 0 Å². The van der Waals surface area contributed by atoms with Gasteiger partial charge in [0.1, 0.15) is 0 Å². The van der Waals surface area contributed by atoms with Crippen LogP contribution in [0.3, 0.4) is 0 Å². The number of nitrogens with zero attached hydrogens (tertiary/aromatic N) is 2. The van der Waals surface area contributed by atoms with Crippen molar-refractivity contribution in [1.29, 1.82) is 0 Å². The lowest BCUT2D eigenvalue weighted by Gasteiger charge is -2.34. The van der Waals surface area contributed by atoms with E-state index in [9.17, 15) is 4.79 Å². The van der Waals surface area contributed by atoms with Gasteiger partial charge in [0, 0.05) is 30.6 Å². The van der Waals surface area contributed by atoms with Gasteiger partial charge in [-0.3, -0.25) is 15.0 Å². The summed E-state index contributed by atoms with van der Waals surface area (Å²) in [5.74, 6) is 1.39. The van der Waals surface area contributed by atoms with E-state index in [1.54, 1.807) is 0 Å². The Hall–Kier alpha value is -1.72. The minimum absolute atomic E-state index is 0.0974. The molecule has 128 valence electrons. The van der Waals surface area contributed by atoms with Crippen molar-refractivity contribution in [3.63, 3.8) is 0 Å². The quantitative estimate of drug-likeness (QED) is 0.906. The van der Waals surface area contributed by atoms with Gasteiger partial charge in [-0.1, -0.05) is 31.5 Å². The van der Waals surface area contributed by atoms with Crippen molar-refractivity contribution >= 4 is 22.4 Å². The van der Waals surface area contributed by atoms with E-state index >= 15 is 0 Å². The summed E-state index contributed by atoms with van der Waals surface area (Å²) in [5.41, 5.74) is 2.79. The zero-order valence-corrected chi connectivity index (χ0v) is 15.4. The number of benzene rings is 1. The number of carbonyl (C=O) groups excluding carboxylic acids is 1. The molecule has 2 atom stereocenters. The molecule has 0 unspecified atom stereocenters. The molecule has 1 aliphatic rings. The number of rotatable bonds is 4. The van der Waals surface area contributed by atoms with Crippen molar-refractivity contribution in [2.45, 2.75) is 33.7 Å². The maximum atomic E-state index is 12.3. The van der Waals surface area contributed by atoms with E-state index in [0.29, 0.717) is 10.7 Å². The third-order valence-electron chi connectivity index (χ3n) is 4.38. The highest BCUT2D eigenvalue weighted by molar-refractivity contribution is 7.13. The summed E-state index contributed by atoms with van der Waals surface area (Å²) in [5, 5.41) is 5.64. The fourth-order valence-electron chi connectivity index (χ4n) is 3.54. The summed E-state index contributed by atoms with van der Waals surface area (Å²) in [6.45, 7) is 9.75. The maximum Gasteiger partial charge on any atom is 0.257 e. The normalized spacial score (nSPS) is 21.6. The number of amides is 1. The topological polar surface area (TPSA) is 45.2 Å². The Kier molecular flexibility index (Phi) is 5.31. The number of likely N-dealkylation sites (tertiary alicyclic amines) is 1. The highest BCUT2D eigenvalue weighted by Crippen LogP contribution is 2.24. The van der Waals surface area contributed by atoms with Crippen LogP contribution in [0.5, 0.6) is 0 Å². The monoisotopic (exact) mass is 343 g/mol. The molecule has 1 saturated heterocycles. The van der Waals surface area contributed by atoms with Crippen LogP contribution >= 0.6 is 11.3 Å². The van der Waals surface area contributed by atoms with Crippen LogP contribution in [0.2, 0.25) is 0 Å². The molecule has 0 radical (unpaired) electrons. The van der Waals surface area contributed by atoms with Gasteiger partial charge in [0.2, 0.25) is 0 Å². The summed E-state index contributed by atoms with van der Waals surface area (Å²) in [4.78, 5) is 19.4. The van der Waals surface area contributed by atoms with Crippen molar-refractivity contribution in [2.75, 3.05) is 18.4 Å². The molecule has 5 heteroatoms. The van der Waals surface area contributed by atoms with Crippen molar-refractivity contribution < 1.29 is 4.79 Å². The second kappa shape index (κ2) is 7.45. The Morgan fingerprint density at radius 1 is 1.33 bits per heavy atom. The number of aromatic nitrogens is 1. The van der Waals surface area contributed by atoms with E-state index < -0.39 is 0 Å². The molecular formula is C19H25N3OS. The SMILES string of the molecule is Cc1cccc(C(=O)Nc2nc(CN3C[C@H](C)C[C@H](C)C3)cs2)c1. The molecule has 1 amide bonds. The predicted molar refractivity (Wildman–Crippen MR) is 99.5 cm³/mol. The molecule has 0 spiro atoms. The molecule has 3 rings (SSSR count). The molecule has 1 fully saturated rings. The zero-order valence-electron chi connectivity index (χ0n) is 14.6. The van der Waals surface area contributed by atoms with Crippen LogP contribution in [0.15, 0.2) is 29.6 Å². The van der Waals surface area contributed by atoms with Crippen molar-refractivity contribution in [3.05, 3.63) is 46.5 Å². The van der Waals surface area contributed by atoms with Crippen LogP contribution in [0, 0.1) is 18.8 Å². The Morgan fingerprint density at radius 3 is 2.79 bits per heavy atom. The number of anilines is 1. The molecule has 4 nitrogen and oxygen atoms in total. The molecule has 24 heavy (non-hydrogen) atoms. The maximum absolute atomic E-state index is 12.3. The number of carbonyl (C=O) groups is 1. The molecule has 1 aromatic heterocycles. The minimum atomic E-state index is -0.0974. The molecule has 1 aromatic carbocycles. The molecule has 1 aliphatic heterocycles. The molecule has 2 aromatic rings. The third-order valence-corrected chi connectivity index (χ3v) is 5.19. The second-order valence-corrected chi connectivity index (χ2v) is 7.97. The Labute approximate surface area is 147 Å². The summed E-state index contributed by atoms with van der Waals surface area (Å²) >= 11 is 1.50. The van der Waals surface area contributed by atoms with E-state index in [0.717, 1.165) is 42.7 Å². The minimum Gasteiger partial charge on any atom is -0.298 e. The van der Waals surface area contributed by atoms with Crippen LogP contribution in [-0.2, 0) is 6.54 Å². The van der Waals surface area contributed by atoms with Gasteiger partial charge in [-0.2, -0.15) is 0 Å². The summed E-state index contributed by atoms with van der Waals surface area (Å²) in [6.07, 6.45) is 1.31. The van der Waals surface area contributed by atoms with E-state index in [2.05, 4.69) is 34.4 Å². The molecule has 1 N–H and O–H groups in total. The van der Waals surface area contributed by atoms with Gasteiger partial charge in [-0.25, -0.2) is 4.98 Å². The van der Waals surface area contributed by atoms with Gasteiger partial charge in [-0.05, 0) is 37.3 Å². The average Bonchev–Trinajstić information content (AvgIpc) is 2.93. The van der Waals surface area contributed by atoms with Gasteiger partial charge in [0.25, 0.3) is 5.91 Å². The second-order valence-electron chi connectivity index (χ2n) is 7.11. The number of piperidine rings is 1. The number of hydrogen-bond acceptors (Lipinski definition) is 4. The number of nitrogens with one attached hydrogen (secondary N) is 1.